The number of piperidine rings is 1. The third kappa shape index (κ3) is 3.16. The molecule has 0 amide bonds. The fourth-order valence-corrected chi connectivity index (χ4v) is 3.77. The molecule has 1 aromatic heterocycles. The van der Waals surface area contributed by atoms with E-state index >= 15 is 0 Å². The largest absolute Gasteiger partial charge is 0.348 e. The van der Waals surface area contributed by atoms with Gasteiger partial charge in [-0.15, -0.1) is 0 Å². The molecule has 1 aromatic rings. The summed E-state index contributed by atoms with van der Waals surface area (Å²) >= 11 is 1.54. The minimum atomic E-state index is -0.0731. The number of carbonyl (C=O) groups is 1. The number of anilines is 1. The monoisotopic (exact) mass is 280 g/mol. The Balaban J connectivity index is 2.31. The highest BCUT2D eigenvalue weighted by atomic mass is 32.1. The molecule has 0 unspecified atom stereocenters. The van der Waals surface area contributed by atoms with Crippen LogP contribution in [0.25, 0.3) is 0 Å². The predicted octanol–water partition coefficient (Wildman–Crippen LogP) is 3.88. The van der Waals surface area contributed by atoms with Gasteiger partial charge in [0.2, 0.25) is 0 Å². The van der Waals surface area contributed by atoms with Gasteiger partial charge in [-0.1, -0.05) is 46.0 Å². The molecule has 19 heavy (non-hydrogen) atoms. The Labute approximate surface area is 120 Å². The van der Waals surface area contributed by atoms with Crippen molar-refractivity contribution in [3.05, 3.63) is 10.6 Å². The molecule has 0 aliphatic carbocycles. The lowest BCUT2D eigenvalue weighted by atomic mass is 9.84. The molecule has 2 heterocycles. The molecule has 4 heteroatoms. The summed E-state index contributed by atoms with van der Waals surface area (Å²) in [6.07, 6.45) is 3.42. The molecule has 1 aliphatic rings. The number of carbonyl (C=O) groups excluding carboxylic acids is 1. The van der Waals surface area contributed by atoms with Gasteiger partial charge in [-0.05, 0) is 18.3 Å². The number of rotatable bonds is 2. The first-order valence-electron chi connectivity index (χ1n) is 6.94. The Morgan fingerprint density at radius 1 is 1.37 bits per heavy atom. The summed E-state index contributed by atoms with van der Waals surface area (Å²) in [5.41, 5.74) is 1.20. The van der Waals surface area contributed by atoms with Crippen LogP contribution in [0, 0.1) is 5.41 Å². The number of aromatic nitrogens is 1. The Kier molecular flexibility index (Phi) is 3.74. The number of aldehydes is 1. The van der Waals surface area contributed by atoms with Gasteiger partial charge >= 0.3 is 0 Å². The van der Waals surface area contributed by atoms with Crippen LogP contribution in [0.3, 0.4) is 0 Å². The molecule has 0 bridgehead atoms. The number of hydrogen-bond donors (Lipinski definition) is 0. The molecule has 0 saturated carbocycles. The Bertz CT molecular complexity index is 471. The second-order valence-electron chi connectivity index (χ2n) is 7.27. The zero-order chi connectivity index (χ0) is 14.3. The summed E-state index contributed by atoms with van der Waals surface area (Å²) in [5.74, 6) is 0. The van der Waals surface area contributed by atoms with Gasteiger partial charge in [0, 0.05) is 18.5 Å². The highest BCUT2D eigenvalue weighted by molar-refractivity contribution is 7.17. The van der Waals surface area contributed by atoms with Gasteiger partial charge in [-0.2, -0.15) is 0 Å². The maximum Gasteiger partial charge on any atom is 0.186 e. The molecule has 0 aromatic carbocycles. The number of nitrogens with zero attached hydrogens (tertiary/aromatic N) is 2. The molecule has 0 radical (unpaired) electrons. The van der Waals surface area contributed by atoms with Crippen LogP contribution in [-0.2, 0) is 5.41 Å². The van der Waals surface area contributed by atoms with Crippen LogP contribution >= 0.6 is 11.3 Å². The van der Waals surface area contributed by atoms with Crippen LogP contribution in [0.1, 0.15) is 62.8 Å². The molecule has 1 saturated heterocycles. The van der Waals surface area contributed by atoms with E-state index in [1.807, 2.05) is 0 Å². The Morgan fingerprint density at radius 2 is 2.05 bits per heavy atom. The van der Waals surface area contributed by atoms with E-state index < -0.39 is 0 Å². The van der Waals surface area contributed by atoms with Gasteiger partial charge in [0.25, 0.3) is 0 Å². The molecule has 106 valence electrons. The van der Waals surface area contributed by atoms with Crippen molar-refractivity contribution in [2.75, 3.05) is 18.0 Å². The molecule has 2 rings (SSSR count). The zero-order valence-corrected chi connectivity index (χ0v) is 13.4. The highest BCUT2D eigenvalue weighted by Crippen LogP contribution is 2.37. The molecule has 1 aliphatic heterocycles. The van der Waals surface area contributed by atoms with Crippen molar-refractivity contribution < 1.29 is 4.79 Å². The van der Waals surface area contributed by atoms with Gasteiger partial charge in [-0.25, -0.2) is 4.98 Å². The van der Waals surface area contributed by atoms with E-state index in [0.29, 0.717) is 5.41 Å². The second kappa shape index (κ2) is 4.89. The summed E-state index contributed by atoms with van der Waals surface area (Å²) in [5, 5.41) is 1.01. The van der Waals surface area contributed by atoms with E-state index in [1.54, 1.807) is 11.3 Å². The second-order valence-corrected chi connectivity index (χ2v) is 8.28. The maximum absolute atomic E-state index is 11.2. The van der Waals surface area contributed by atoms with Gasteiger partial charge in [0.1, 0.15) is 0 Å². The first kappa shape index (κ1) is 14.5. The van der Waals surface area contributed by atoms with E-state index in [-0.39, 0.29) is 5.41 Å². The highest BCUT2D eigenvalue weighted by Gasteiger charge is 2.30. The summed E-state index contributed by atoms with van der Waals surface area (Å²) in [6.45, 7) is 13.0. The average Bonchev–Trinajstić information content (AvgIpc) is 2.71. The van der Waals surface area contributed by atoms with Crippen molar-refractivity contribution in [2.24, 2.45) is 5.41 Å². The molecule has 1 fully saturated rings. The van der Waals surface area contributed by atoms with E-state index in [2.05, 4.69) is 39.5 Å². The van der Waals surface area contributed by atoms with Crippen molar-refractivity contribution in [1.29, 1.82) is 0 Å². The summed E-state index contributed by atoms with van der Waals surface area (Å²) in [7, 11) is 0. The Morgan fingerprint density at radius 3 is 2.53 bits per heavy atom. The average molecular weight is 280 g/mol. The van der Waals surface area contributed by atoms with Crippen LogP contribution in [0.2, 0.25) is 0 Å². The van der Waals surface area contributed by atoms with E-state index in [0.717, 1.165) is 35.1 Å². The van der Waals surface area contributed by atoms with Gasteiger partial charge in [0.05, 0.1) is 10.6 Å². The molecule has 0 N–H and O–H groups in total. The summed E-state index contributed by atoms with van der Waals surface area (Å²) in [6, 6.07) is 0. The predicted molar refractivity (Wildman–Crippen MR) is 81.4 cm³/mol. The standard InChI is InChI=1S/C15H24N2OS/c1-14(2,3)12-11(9-18)19-13(16-12)17-8-6-7-15(4,5)10-17/h9H,6-8,10H2,1-5H3. The molecular weight excluding hydrogens is 256 g/mol. The normalized spacial score (nSPS) is 19.5. The molecule has 0 atom stereocenters. The van der Waals surface area contributed by atoms with Crippen molar-refractivity contribution in [3.8, 4) is 0 Å². The fourth-order valence-electron chi connectivity index (χ4n) is 2.66. The smallest absolute Gasteiger partial charge is 0.186 e. The van der Waals surface area contributed by atoms with E-state index in [1.165, 1.54) is 12.8 Å². The molecule has 3 nitrogen and oxygen atoms in total. The minimum absolute atomic E-state index is 0.0731. The quantitative estimate of drug-likeness (QED) is 0.771. The van der Waals surface area contributed by atoms with Crippen molar-refractivity contribution in [2.45, 2.75) is 52.9 Å². The van der Waals surface area contributed by atoms with Crippen LogP contribution in [0.15, 0.2) is 0 Å². The van der Waals surface area contributed by atoms with Gasteiger partial charge < -0.3 is 4.90 Å². The minimum Gasteiger partial charge on any atom is -0.348 e. The third-order valence-electron chi connectivity index (χ3n) is 3.63. The SMILES string of the molecule is CC1(C)CCCN(c2nc(C(C)(C)C)c(C=O)s2)C1. The van der Waals surface area contributed by atoms with Crippen molar-refractivity contribution in [1.82, 2.24) is 4.98 Å². The fraction of sp³-hybridized carbons (Fsp3) is 0.733. The summed E-state index contributed by atoms with van der Waals surface area (Å²) in [4.78, 5) is 19.1. The first-order valence-corrected chi connectivity index (χ1v) is 7.76. The van der Waals surface area contributed by atoms with Crippen LogP contribution in [0.4, 0.5) is 5.13 Å². The number of hydrogen-bond acceptors (Lipinski definition) is 4. The van der Waals surface area contributed by atoms with Crippen LogP contribution in [0.5, 0.6) is 0 Å². The first-order chi connectivity index (χ1) is 8.73. The van der Waals surface area contributed by atoms with Crippen molar-refractivity contribution in [3.63, 3.8) is 0 Å². The summed E-state index contributed by atoms with van der Waals surface area (Å²) < 4.78 is 0. The van der Waals surface area contributed by atoms with Gasteiger partial charge in [0.15, 0.2) is 11.4 Å². The van der Waals surface area contributed by atoms with Crippen LogP contribution in [-0.4, -0.2) is 24.4 Å². The topological polar surface area (TPSA) is 33.2 Å². The lowest BCUT2D eigenvalue weighted by Gasteiger charge is -2.37. The molecular formula is C15H24N2OS. The van der Waals surface area contributed by atoms with Crippen LogP contribution < -0.4 is 4.90 Å². The third-order valence-corrected chi connectivity index (χ3v) is 4.67. The zero-order valence-electron chi connectivity index (χ0n) is 12.6. The molecule has 0 spiro atoms. The van der Waals surface area contributed by atoms with E-state index in [9.17, 15) is 4.79 Å². The lowest BCUT2D eigenvalue weighted by Crippen LogP contribution is -2.40. The Hall–Kier alpha value is -0.900. The van der Waals surface area contributed by atoms with Crippen molar-refractivity contribution >= 4 is 22.8 Å². The maximum atomic E-state index is 11.2. The van der Waals surface area contributed by atoms with Gasteiger partial charge in [-0.3, -0.25) is 4.79 Å². The van der Waals surface area contributed by atoms with E-state index in [4.69, 9.17) is 4.98 Å². The number of thiazole rings is 1. The lowest BCUT2D eigenvalue weighted by molar-refractivity contribution is 0.112.